The molecule has 1 N–H and O–H groups in total. The van der Waals surface area contributed by atoms with Crippen LogP contribution in [0.3, 0.4) is 0 Å². The molecule has 2 nitrogen and oxygen atoms in total. The van der Waals surface area contributed by atoms with Crippen molar-refractivity contribution in [1.82, 2.24) is 5.32 Å². The Morgan fingerprint density at radius 2 is 1.95 bits per heavy atom. The summed E-state index contributed by atoms with van der Waals surface area (Å²) in [6, 6.07) is 11.6. The molecule has 1 aliphatic heterocycles. The lowest BCUT2D eigenvalue weighted by Gasteiger charge is -2.27. The third-order valence-electron chi connectivity index (χ3n) is 3.91. The molecule has 0 saturated heterocycles. The second kappa shape index (κ2) is 6.42. The molecule has 3 rings (SSSR count). The van der Waals surface area contributed by atoms with Crippen LogP contribution in [0.15, 0.2) is 39.9 Å². The normalized spacial score (nSPS) is 21.1. The topological polar surface area (TPSA) is 15.3 Å². The molecule has 0 spiro atoms. The van der Waals surface area contributed by atoms with E-state index in [4.69, 9.17) is 0 Å². The van der Waals surface area contributed by atoms with Crippen molar-refractivity contribution in [2.45, 2.75) is 35.4 Å². The first-order valence-corrected chi connectivity index (χ1v) is 9.13. The van der Waals surface area contributed by atoms with Crippen molar-refractivity contribution in [1.29, 1.82) is 0 Å². The van der Waals surface area contributed by atoms with Gasteiger partial charge in [0.25, 0.3) is 0 Å². The van der Waals surface area contributed by atoms with E-state index in [1.165, 1.54) is 27.4 Å². The van der Waals surface area contributed by atoms with Crippen LogP contribution in [0, 0.1) is 0 Å². The SMILES string of the molecule is C[C@H]1CC(NCc2ccc(N(C)C)cc2)c2ccsc2S1. The monoisotopic (exact) mass is 318 g/mol. The Labute approximate surface area is 135 Å². The molecule has 0 aliphatic carbocycles. The van der Waals surface area contributed by atoms with Crippen LogP contribution in [0.2, 0.25) is 0 Å². The number of thiophene rings is 1. The van der Waals surface area contributed by atoms with Crippen LogP contribution < -0.4 is 10.2 Å². The summed E-state index contributed by atoms with van der Waals surface area (Å²) in [6.45, 7) is 3.26. The van der Waals surface area contributed by atoms with E-state index in [1.807, 2.05) is 23.1 Å². The number of nitrogens with zero attached hydrogens (tertiary/aromatic N) is 1. The largest absolute Gasteiger partial charge is 0.378 e. The van der Waals surface area contributed by atoms with E-state index in [-0.39, 0.29) is 0 Å². The molecule has 1 aliphatic rings. The van der Waals surface area contributed by atoms with Gasteiger partial charge in [0.2, 0.25) is 0 Å². The molecule has 0 bridgehead atoms. The highest BCUT2D eigenvalue weighted by atomic mass is 32.2. The van der Waals surface area contributed by atoms with Crippen LogP contribution in [-0.4, -0.2) is 19.3 Å². The first-order valence-electron chi connectivity index (χ1n) is 7.37. The van der Waals surface area contributed by atoms with Crippen molar-refractivity contribution in [2.75, 3.05) is 19.0 Å². The van der Waals surface area contributed by atoms with Crippen LogP contribution in [0.25, 0.3) is 0 Å². The predicted molar refractivity (Wildman–Crippen MR) is 94.6 cm³/mol. The minimum Gasteiger partial charge on any atom is -0.378 e. The molecule has 4 heteroatoms. The number of rotatable bonds is 4. The molecule has 0 amide bonds. The molecule has 1 aromatic carbocycles. The van der Waals surface area contributed by atoms with Crippen LogP contribution in [0.5, 0.6) is 0 Å². The Balaban J connectivity index is 1.65. The summed E-state index contributed by atoms with van der Waals surface area (Å²) in [5.74, 6) is 0. The summed E-state index contributed by atoms with van der Waals surface area (Å²) < 4.78 is 1.49. The summed E-state index contributed by atoms with van der Waals surface area (Å²) in [5, 5.41) is 6.66. The molecule has 0 fully saturated rings. The third kappa shape index (κ3) is 3.44. The van der Waals surface area contributed by atoms with Crippen molar-refractivity contribution < 1.29 is 0 Å². The molecule has 2 atom stereocenters. The molecule has 1 unspecified atom stereocenters. The molecule has 0 saturated carbocycles. The summed E-state index contributed by atoms with van der Waals surface area (Å²) in [7, 11) is 4.15. The van der Waals surface area contributed by atoms with Gasteiger partial charge in [-0.1, -0.05) is 19.1 Å². The highest BCUT2D eigenvalue weighted by molar-refractivity contribution is 8.01. The Kier molecular flexibility index (Phi) is 4.57. The number of thioether (sulfide) groups is 1. The summed E-state index contributed by atoms with van der Waals surface area (Å²) in [5.41, 5.74) is 4.10. The average Bonchev–Trinajstić information content (AvgIpc) is 2.93. The average molecular weight is 319 g/mol. The first-order chi connectivity index (χ1) is 10.1. The van der Waals surface area contributed by atoms with Crippen LogP contribution in [0.1, 0.15) is 30.5 Å². The minimum atomic E-state index is 0.496. The summed E-state index contributed by atoms with van der Waals surface area (Å²) in [4.78, 5) is 2.13. The predicted octanol–water partition coefficient (Wildman–Crippen LogP) is 4.53. The Hall–Kier alpha value is -0.970. The first kappa shape index (κ1) is 14.9. The van der Waals surface area contributed by atoms with E-state index in [2.05, 4.69) is 66.9 Å². The van der Waals surface area contributed by atoms with Gasteiger partial charge in [-0.05, 0) is 41.1 Å². The molecule has 2 aromatic rings. The lowest BCUT2D eigenvalue weighted by atomic mass is 10.0. The van der Waals surface area contributed by atoms with Gasteiger partial charge in [0.15, 0.2) is 0 Å². The molecule has 21 heavy (non-hydrogen) atoms. The van der Waals surface area contributed by atoms with Crippen molar-refractivity contribution in [3.8, 4) is 0 Å². The smallest absolute Gasteiger partial charge is 0.0649 e. The zero-order valence-electron chi connectivity index (χ0n) is 12.8. The molecule has 1 aromatic heterocycles. The Bertz CT molecular complexity index is 589. The second-order valence-electron chi connectivity index (χ2n) is 5.82. The molecule has 112 valence electrons. The number of hydrogen-bond acceptors (Lipinski definition) is 4. The maximum atomic E-state index is 3.74. The van der Waals surface area contributed by atoms with Crippen molar-refractivity contribution in [3.05, 3.63) is 46.8 Å². The van der Waals surface area contributed by atoms with Gasteiger partial charge >= 0.3 is 0 Å². The van der Waals surface area contributed by atoms with Gasteiger partial charge in [-0.25, -0.2) is 0 Å². The fourth-order valence-electron chi connectivity index (χ4n) is 2.70. The number of hydrogen-bond donors (Lipinski definition) is 1. The van der Waals surface area contributed by atoms with Crippen molar-refractivity contribution in [2.24, 2.45) is 0 Å². The van der Waals surface area contributed by atoms with Gasteiger partial charge in [0, 0.05) is 37.6 Å². The highest BCUT2D eigenvalue weighted by Crippen LogP contribution is 2.43. The van der Waals surface area contributed by atoms with Crippen LogP contribution in [0.4, 0.5) is 5.69 Å². The van der Waals surface area contributed by atoms with E-state index >= 15 is 0 Å². The summed E-state index contributed by atoms with van der Waals surface area (Å²) in [6.07, 6.45) is 1.21. The van der Waals surface area contributed by atoms with Gasteiger partial charge in [0.1, 0.15) is 0 Å². The van der Waals surface area contributed by atoms with E-state index in [0.717, 1.165) is 6.54 Å². The fourth-order valence-corrected chi connectivity index (χ4v) is 5.26. The van der Waals surface area contributed by atoms with Crippen LogP contribution in [-0.2, 0) is 6.54 Å². The maximum Gasteiger partial charge on any atom is 0.0649 e. The van der Waals surface area contributed by atoms with E-state index in [0.29, 0.717) is 11.3 Å². The number of nitrogens with one attached hydrogen (secondary N) is 1. The number of fused-ring (bicyclic) bond motifs is 1. The standard InChI is InChI=1S/C17H22N2S2/c1-12-10-16(15-8-9-20-17(15)21-12)18-11-13-4-6-14(7-5-13)19(2)3/h4-9,12,16,18H,10-11H2,1-3H3/t12-,16?/m0/s1. The lowest BCUT2D eigenvalue weighted by molar-refractivity contribution is 0.488. The van der Waals surface area contributed by atoms with Crippen molar-refractivity contribution >= 4 is 28.8 Å². The number of anilines is 1. The molecule has 2 heterocycles. The minimum absolute atomic E-state index is 0.496. The Morgan fingerprint density at radius 3 is 2.67 bits per heavy atom. The van der Waals surface area contributed by atoms with Gasteiger partial charge in [-0.15, -0.1) is 23.1 Å². The lowest BCUT2D eigenvalue weighted by Crippen LogP contribution is -2.26. The zero-order valence-corrected chi connectivity index (χ0v) is 14.4. The quantitative estimate of drug-likeness (QED) is 0.891. The van der Waals surface area contributed by atoms with E-state index in [9.17, 15) is 0 Å². The van der Waals surface area contributed by atoms with E-state index < -0.39 is 0 Å². The fraction of sp³-hybridized carbons (Fsp3) is 0.412. The van der Waals surface area contributed by atoms with E-state index in [1.54, 1.807) is 0 Å². The van der Waals surface area contributed by atoms with Gasteiger partial charge in [-0.2, -0.15) is 0 Å². The number of benzene rings is 1. The third-order valence-corrected chi connectivity index (χ3v) is 6.26. The molecule has 0 radical (unpaired) electrons. The van der Waals surface area contributed by atoms with Crippen LogP contribution >= 0.6 is 23.1 Å². The zero-order chi connectivity index (χ0) is 14.8. The Morgan fingerprint density at radius 1 is 1.19 bits per heavy atom. The van der Waals surface area contributed by atoms with Gasteiger partial charge < -0.3 is 10.2 Å². The summed E-state index contributed by atoms with van der Waals surface area (Å²) >= 11 is 3.90. The second-order valence-corrected chi connectivity index (χ2v) is 8.45. The van der Waals surface area contributed by atoms with Crippen molar-refractivity contribution in [3.63, 3.8) is 0 Å². The highest BCUT2D eigenvalue weighted by Gasteiger charge is 2.25. The maximum absolute atomic E-state index is 3.74. The van der Waals surface area contributed by atoms with Gasteiger partial charge in [-0.3, -0.25) is 0 Å². The van der Waals surface area contributed by atoms with Gasteiger partial charge in [0.05, 0.1) is 4.21 Å². The molecular formula is C17H22N2S2. The molecular weight excluding hydrogens is 296 g/mol.